The Bertz CT molecular complexity index is 370. The van der Waals surface area contributed by atoms with Crippen LogP contribution in [0.15, 0.2) is 42.1 Å². The largest absolute Gasteiger partial charge is 0.376 e. The summed E-state index contributed by atoms with van der Waals surface area (Å²) < 4.78 is 5.31. The Morgan fingerprint density at radius 1 is 1.35 bits per heavy atom. The van der Waals surface area contributed by atoms with Gasteiger partial charge in [0.15, 0.2) is 0 Å². The molecule has 1 radical (unpaired) electrons. The van der Waals surface area contributed by atoms with E-state index in [1.54, 1.807) is 0 Å². The minimum absolute atomic E-state index is 0.470. The number of benzene rings is 1. The molecule has 0 N–H and O–H groups in total. The number of hydrogen-bond donors (Lipinski definition) is 0. The van der Waals surface area contributed by atoms with E-state index in [0.29, 0.717) is 19.6 Å². The molecule has 0 saturated heterocycles. The first-order valence-electron chi connectivity index (χ1n) is 5.91. The molecule has 0 bridgehead atoms. The van der Waals surface area contributed by atoms with Gasteiger partial charge in [-0.3, -0.25) is 0 Å². The van der Waals surface area contributed by atoms with Crippen LogP contribution in [0.5, 0.6) is 0 Å². The first-order valence-corrected chi connectivity index (χ1v) is 7.69. The summed E-state index contributed by atoms with van der Waals surface area (Å²) in [4.78, 5) is 0. The van der Waals surface area contributed by atoms with Crippen molar-refractivity contribution in [1.82, 2.24) is 0 Å². The smallest absolute Gasteiger partial charge is 0.112 e. The van der Waals surface area contributed by atoms with Crippen LogP contribution in [0.2, 0.25) is 6.04 Å². The Kier molecular flexibility index (Phi) is 7.04. The average molecular weight is 244 g/mol. The second-order valence-corrected chi connectivity index (χ2v) is 6.30. The van der Waals surface area contributed by atoms with Crippen LogP contribution in [0.1, 0.15) is 13.3 Å². The van der Waals surface area contributed by atoms with Crippen molar-refractivity contribution in [2.75, 3.05) is 13.2 Å². The Morgan fingerprint density at radius 2 is 2.12 bits per heavy atom. The maximum Gasteiger partial charge on any atom is 0.112 e. The number of rotatable bonds is 7. The summed E-state index contributed by atoms with van der Waals surface area (Å²) in [5.41, 5.74) is 2.28. The minimum Gasteiger partial charge on any atom is -0.376 e. The Labute approximate surface area is 105 Å². The SMILES string of the molecule is CC[Si](C=CCOCCC#N)c1ccccc1. The molecule has 0 aliphatic rings. The van der Waals surface area contributed by atoms with Gasteiger partial charge in [-0.2, -0.15) is 5.26 Å². The van der Waals surface area contributed by atoms with E-state index in [4.69, 9.17) is 10.00 Å². The fraction of sp³-hybridized carbons (Fsp3) is 0.357. The molecule has 89 valence electrons. The van der Waals surface area contributed by atoms with Gasteiger partial charge in [0, 0.05) is 0 Å². The van der Waals surface area contributed by atoms with Crippen molar-refractivity contribution in [3.63, 3.8) is 0 Å². The Morgan fingerprint density at radius 3 is 2.76 bits per heavy atom. The lowest BCUT2D eigenvalue weighted by Gasteiger charge is -2.07. The van der Waals surface area contributed by atoms with Crippen LogP contribution < -0.4 is 5.19 Å². The monoisotopic (exact) mass is 244 g/mol. The predicted molar refractivity (Wildman–Crippen MR) is 72.5 cm³/mol. The van der Waals surface area contributed by atoms with Crippen LogP contribution >= 0.6 is 0 Å². The lowest BCUT2D eigenvalue weighted by molar-refractivity contribution is 0.168. The minimum atomic E-state index is -0.580. The van der Waals surface area contributed by atoms with Gasteiger partial charge in [-0.05, 0) is 0 Å². The van der Waals surface area contributed by atoms with Crippen LogP contribution in [0.25, 0.3) is 0 Å². The van der Waals surface area contributed by atoms with Gasteiger partial charge in [0.2, 0.25) is 0 Å². The highest BCUT2D eigenvalue weighted by Crippen LogP contribution is 1.96. The van der Waals surface area contributed by atoms with Crippen LogP contribution in [0.4, 0.5) is 0 Å². The van der Waals surface area contributed by atoms with Crippen molar-refractivity contribution in [3.05, 3.63) is 42.1 Å². The molecule has 2 nitrogen and oxygen atoms in total. The van der Waals surface area contributed by atoms with Gasteiger partial charge in [-0.25, -0.2) is 0 Å². The molecule has 1 aromatic carbocycles. The van der Waals surface area contributed by atoms with Crippen molar-refractivity contribution >= 4 is 14.0 Å². The molecule has 0 heterocycles. The molecule has 0 fully saturated rings. The average Bonchev–Trinajstić information content (AvgIpc) is 2.39. The van der Waals surface area contributed by atoms with E-state index in [-0.39, 0.29) is 0 Å². The number of ether oxygens (including phenoxy) is 1. The summed E-state index contributed by atoms with van der Waals surface area (Å²) in [6.45, 7) is 3.37. The van der Waals surface area contributed by atoms with Gasteiger partial charge in [-0.15, -0.1) is 0 Å². The molecule has 0 aliphatic heterocycles. The molecule has 1 aromatic rings. The second kappa shape index (κ2) is 8.74. The summed E-state index contributed by atoms with van der Waals surface area (Å²) in [5.74, 6) is 0. The summed E-state index contributed by atoms with van der Waals surface area (Å²) in [6, 6.07) is 13.9. The van der Waals surface area contributed by atoms with Gasteiger partial charge in [0.05, 0.1) is 25.7 Å². The summed E-state index contributed by atoms with van der Waals surface area (Å²) in [6.07, 6.45) is 2.56. The van der Waals surface area contributed by atoms with Crippen LogP contribution in [0.3, 0.4) is 0 Å². The van der Waals surface area contributed by atoms with Crippen molar-refractivity contribution in [2.24, 2.45) is 0 Å². The van der Waals surface area contributed by atoms with E-state index >= 15 is 0 Å². The zero-order valence-electron chi connectivity index (χ0n) is 10.2. The molecule has 0 amide bonds. The van der Waals surface area contributed by atoms with Crippen molar-refractivity contribution in [3.8, 4) is 6.07 Å². The van der Waals surface area contributed by atoms with Gasteiger partial charge in [0.1, 0.15) is 8.80 Å². The van der Waals surface area contributed by atoms with Gasteiger partial charge in [0.25, 0.3) is 0 Å². The summed E-state index contributed by atoms with van der Waals surface area (Å²) >= 11 is 0. The number of nitriles is 1. The van der Waals surface area contributed by atoms with Crippen LogP contribution in [-0.2, 0) is 4.74 Å². The van der Waals surface area contributed by atoms with E-state index in [1.165, 1.54) is 11.2 Å². The third-order valence-electron chi connectivity index (χ3n) is 2.42. The molecule has 17 heavy (non-hydrogen) atoms. The van der Waals surface area contributed by atoms with E-state index < -0.39 is 8.80 Å². The zero-order chi connectivity index (χ0) is 12.3. The predicted octanol–water partition coefficient (Wildman–Crippen LogP) is 2.43. The molecule has 0 unspecified atom stereocenters. The highest BCUT2D eigenvalue weighted by atomic mass is 28.3. The van der Waals surface area contributed by atoms with Crippen molar-refractivity contribution in [2.45, 2.75) is 19.4 Å². The quantitative estimate of drug-likeness (QED) is 0.545. The van der Waals surface area contributed by atoms with E-state index in [9.17, 15) is 0 Å². The van der Waals surface area contributed by atoms with Crippen molar-refractivity contribution in [1.29, 1.82) is 5.26 Å². The van der Waals surface area contributed by atoms with E-state index in [0.717, 1.165) is 0 Å². The van der Waals surface area contributed by atoms with Gasteiger partial charge in [-0.1, -0.05) is 60.3 Å². The van der Waals surface area contributed by atoms with Gasteiger partial charge >= 0.3 is 0 Å². The normalized spacial score (nSPS) is 10.9. The summed E-state index contributed by atoms with van der Waals surface area (Å²) in [7, 11) is -0.580. The maximum atomic E-state index is 8.35. The van der Waals surface area contributed by atoms with Crippen molar-refractivity contribution < 1.29 is 4.74 Å². The maximum absolute atomic E-state index is 8.35. The molecule has 0 atom stereocenters. The molecular formula is C14H18NOSi. The lowest BCUT2D eigenvalue weighted by atomic mass is 10.4. The number of nitrogens with zero attached hydrogens (tertiary/aromatic N) is 1. The topological polar surface area (TPSA) is 33.0 Å². The fourth-order valence-corrected chi connectivity index (χ4v) is 3.37. The molecule has 0 spiro atoms. The first-order chi connectivity index (χ1) is 8.38. The molecule has 0 aromatic heterocycles. The second-order valence-electron chi connectivity index (χ2n) is 3.63. The Balaban J connectivity index is 2.37. The van der Waals surface area contributed by atoms with E-state index in [1.807, 2.05) is 6.07 Å². The molecule has 0 aliphatic carbocycles. The summed E-state index contributed by atoms with van der Waals surface area (Å²) in [5, 5.41) is 9.79. The molecular weight excluding hydrogens is 226 g/mol. The molecule has 1 rings (SSSR count). The number of hydrogen-bond acceptors (Lipinski definition) is 2. The molecule has 0 saturated carbocycles. The highest BCUT2D eigenvalue weighted by molar-refractivity contribution is 6.77. The molecule has 3 heteroatoms. The van der Waals surface area contributed by atoms with Gasteiger partial charge < -0.3 is 4.74 Å². The third-order valence-corrected chi connectivity index (χ3v) is 4.89. The lowest BCUT2D eigenvalue weighted by Crippen LogP contribution is -2.26. The van der Waals surface area contributed by atoms with E-state index in [2.05, 4.69) is 49.0 Å². The first kappa shape index (κ1) is 13.7. The van der Waals surface area contributed by atoms with Crippen LogP contribution in [0, 0.1) is 11.3 Å². The standard InChI is InChI=1S/C14H18NOSi/c1-2-17(14-8-4-3-5-9-14)13-7-12-16-11-6-10-15/h3-5,7-9,13H,2,6,11-12H2,1H3. The van der Waals surface area contributed by atoms with Crippen LogP contribution in [-0.4, -0.2) is 22.0 Å². The third kappa shape index (κ3) is 5.48. The zero-order valence-corrected chi connectivity index (χ0v) is 11.2. The Hall–Kier alpha value is -1.37. The fourth-order valence-electron chi connectivity index (χ4n) is 1.53. The highest BCUT2D eigenvalue weighted by Gasteiger charge is 2.06.